The number of hydrogen-bond donors (Lipinski definition) is 4. The molecule has 0 spiro atoms. The number of aliphatic hydroxyl groups excluding tert-OH is 2. The van der Waals surface area contributed by atoms with Crippen molar-refractivity contribution in [1.82, 2.24) is 20.4 Å². The molecule has 0 amide bonds. The van der Waals surface area contributed by atoms with Crippen molar-refractivity contribution < 1.29 is 10.2 Å². The number of β-amino-alcohol motifs (C(OH)–C–C–N with tert-alkyl or cyclic N) is 1. The van der Waals surface area contributed by atoms with Gasteiger partial charge in [-0.05, 0) is 39.0 Å². The zero-order chi connectivity index (χ0) is 17.0. The quantitative estimate of drug-likeness (QED) is 0.549. The maximum atomic E-state index is 9.55. The molecule has 0 aromatic rings. The summed E-state index contributed by atoms with van der Waals surface area (Å²) >= 11 is 0. The maximum absolute atomic E-state index is 9.55. The summed E-state index contributed by atoms with van der Waals surface area (Å²) in [6.45, 7) is 14.5. The van der Waals surface area contributed by atoms with E-state index in [2.05, 4.69) is 34.3 Å². The molecule has 1 heterocycles. The summed E-state index contributed by atoms with van der Waals surface area (Å²) in [5.74, 6) is 0. The Hall–Kier alpha value is -0.240. The van der Waals surface area contributed by atoms with E-state index < -0.39 is 0 Å². The first-order valence-corrected chi connectivity index (χ1v) is 9.15. The Balaban J connectivity index is 2.55. The van der Waals surface area contributed by atoms with E-state index in [1.54, 1.807) is 0 Å². The molecule has 1 aliphatic heterocycles. The molecule has 1 rings (SSSR count). The van der Waals surface area contributed by atoms with Crippen LogP contribution in [0.5, 0.6) is 0 Å². The third-order valence-corrected chi connectivity index (χ3v) is 4.36. The second kappa shape index (κ2) is 12.2. The summed E-state index contributed by atoms with van der Waals surface area (Å²) in [5, 5.41) is 25.8. The first-order valence-electron chi connectivity index (χ1n) is 9.15. The van der Waals surface area contributed by atoms with E-state index >= 15 is 0 Å². The molecule has 0 radical (unpaired) electrons. The van der Waals surface area contributed by atoms with Crippen molar-refractivity contribution >= 4 is 0 Å². The minimum absolute atomic E-state index is 0.0649. The summed E-state index contributed by atoms with van der Waals surface area (Å²) in [5.41, 5.74) is -0.0649. The number of hydrogen-bond acceptors (Lipinski definition) is 6. The Morgan fingerprint density at radius 1 is 0.826 bits per heavy atom. The Kier molecular flexibility index (Phi) is 11.0. The molecule has 0 aliphatic carbocycles. The van der Waals surface area contributed by atoms with Crippen LogP contribution in [-0.4, -0.2) is 98.7 Å². The number of aliphatic hydroxyl groups is 2. The van der Waals surface area contributed by atoms with Gasteiger partial charge in [0, 0.05) is 51.3 Å². The van der Waals surface area contributed by atoms with Crippen LogP contribution in [0.15, 0.2) is 0 Å². The van der Waals surface area contributed by atoms with Gasteiger partial charge in [-0.1, -0.05) is 13.8 Å². The SMILES string of the molecule is CC(C)(CO)CN1CCCNCCNCCCN(CCO)CC1. The summed E-state index contributed by atoms with van der Waals surface area (Å²) < 4.78 is 0. The average molecular weight is 331 g/mol. The Morgan fingerprint density at radius 2 is 1.39 bits per heavy atom. The van der Waals surface area contributed by atoms with Gasteiger partial charge in [0.1, 0.15) is 0 Å². The van der Waals surface area contributed by atoms with Crippen LogP contribution in [-0.2, 0) is 0 Å². The highest BCUT2D eigenvalue weighted by Gasteiger charge is 2.21. The lowest BCUT2D eigenvalue weighted by molar-refractivity contribution is 0.0914. The average Bonchev–Trinajstić information content (AvgIpc) is 2.53. The number of rotatable bonds is 5. The molecule has 4 N–H and O–H groups in total. The normalized spacial score (nSPS) is 21.9. The largest absolute Gasteiger partial charge is 0.396 e. The summed E-state index contributed by atoms with van der Waals surface area (Å²) in [7, 11) is 0. The summed E-state index contributed by atoms with van der Waals surface area (Å²) in [6.07, 6.45) is 2.24. The van der Waals surface area contributed by atoms with Crippen LogP contribution in [0.4, 0.5) is 0 Å². The first kappa shape index (κ1) is 20.8. The van der Waals surface area contributed by atoms with Gasteiger partial charge in [-0.15, -0.1) is 0 Å². The second-order valence-corrected chi connectivity index (χ2v) is 7.37. The van der Waals surface area contributed by atoms with Gasteiger partial charge in [-0.25, -0.2) is 0 Å². The maximum Gasteiger partial charge on any atom is 0.0558 e. The van der Waals surface area contributed by atoms with Crippen molar-refractivity contribution in [3.63, 3.8) is 0 Å². The van der Waals surface area contributed by atoms with Gasteiger partial charge in [0.2, 0.25) is 0 Å². The van der Waals surface area contributed by atoms with Gasteiger partial charge < -0.3 is 25.7 Å². The molecule has 1 aliphatic rings. The van der Waals surface area contributed by atoms with Gasteiger partial charge >= 0.3 is 0 Å². The fraction of sp³-hybridized carbons (Fsp3) is 1.00. The van der Waals surface area contributed by atoms with Crippen LogP contribution in [0.3, 0.4) is 0 Å². The molecule has 1 fully saturated rings. The zero-order valence-electron chi connectivity index (χ0n) is 15.2. The molecular formula is C17H38N4O2. The molecule has 6 heteroatoms. The highest BCUT2D eigenvalue weighted by molar-refractivity contribution is 4.75. The Bertz CT molecular complexity index is 290. The monoisotopic (exact) mass is 330 g/mol. The number of nitrogens with one attached hydrogen (secondary N) is 2. The molecule has 6 nitrogen and oxygen atoms in total. The molecule has 23 heavy (non-hydrogen) atoms. The van der Waals surface area contributed by atoms with Crippen LogP contribution in [0.1, 0.15) is 26.7 Å². The van der Waals surface area contributed by atoms with Crippen molar-refractivity contribution in [1.29, 1.82) is 0 Å². The standard InChI is InChI=1S/C17H38N4O2/c1-17(2,16-23)15-21-10-4-6-19-8-7-18-5-3-9-20(11-12-21)13-14-22/h18-19,22-23H,3-16H2,1-2H3. The zero-order valence-corrected chi connectivity index (χ0v) is 15.2. The fourth-order valence-electron chi connectivity index (χ4n) is 2.97. The Morgan fingerprint density at radius 3 is 1.96 bits per heavy atom. The summed E-state index contributed by atoms with van der Waals surface area (Å²) in [6, 6.07) is 0. The van der Waals surface area contributed by atoms with Crippen LogP contribution < -0.4 is 10.6 Å². The molecule has 0 aromatic carbocycles. The first-order chi connectivity index (χ1) is 11.1. The lowest BCUT2D eigenvalue weighted by Crippen LogP contribution is -2.43. The van der Waals surface area contributed by atoms with E-state index in [0.717, 1.165) is 78.3 Å². The molecule has 138 valence electrons. The minimum Gasteiger partial charge on any atom is -0.396 e. The van der Waals surface area contributed by atoms with Crippen molar-refractivity contribution in [2.45, 2.75) is 26.7 Å². The third-order valence-electron chi connectivity index (χ3n) is 4.36. The molecule has 0 saturated carbocycles. The van der Waals surface area contributed by atoms with E-state index in [9.17, 15) is 10.2 Å². The molecule has 0 atom stereocenters. The fourth-order valence-corrected chi connectivity index (χ4v) is 2.97. The van der Waals surface area contributed by atoms with Crippen LogP contribution in [0.2, 0.25) is 0 Å². The molecule has 0 bridgehead atoms. The van der Waals surface area contributed by atoms with Crippen molar-refractivity contribution in [2.75, 3.05) is 78.7 Å². The van der Waals surface area contributed by atoms with Crippen molar-refractivity contribution in [3.05, 3.63) is 0 Å². The van der Waals surface area contributed by atoms with E-state index in [1.807, 2.05) is 0 Å². The van der Waals surface area contributed by atoms with E-state index in [1.165, 1.54) is 0 Å². The van der Waals surface area contributed by atoms with E-state index in [-0.39, 0.29) is 18.6 Å². The molecular weight excluding hydrogens is 292 g/mol. The van der Waals surface area contributed by atoms with Gasteiger partial charge in [0.15, 0.2) is 0 Å². The van der Waals surface area contributed by atoms with Gasteiger partial charge in [-0.3, -0.25) is 4.90 Å². The summed E-state index contributed by atoms with van der Waals surface area (Å²) in [4.78, 5) is 4.82. The van der Waals surface area contributed by atoms with Gasteiger partial charge in [0.05, 0.1) is 6.61 Å². The molecule has 0 unspecified atom stereocenters. The highest BCUT2D eigenvalue weighted by atomic mass is 16.3. The smallest absolute Gasteiger partial charge is 0.0558 e. The van der Waals surface area contributed by atoms with Crippen LogP contribution in [0, 0.1) is 5.41 Å². The van der Waals surface area contributed by atoms with E-state index in [4.69, 9.17) is 0 Å². The molecule has 0 aromatic heterocycles. The predicted octanol–water partition coefficient (Wildman–Crippen LogP) is -0.426. The predicted molar refractivity (Wildman–Crippen MR) is 95.8 cm³/mol. The second-order valence-electron chi connectivity index (χ2n) is 7.37. The van der Waals surface area contributed by atoms with Gasteiger partial charge in [0.25, 0.3) is 0 Å². The van der Waals surface area contributed by atoms with Crippen molar-refractivity contribution in [3.8, 4) is 0 Å². The topological polar surface area (TPSA) is 71.0 Å². The lowest BCUT2D eigenvalue weighted by Gasteiger charge is -2.33. The van der Waals surface area contributed by atoms with Crippen LogP contribution >= 0.6 is 0 Å². The highest BCUT2D eigenvalue weighted by Crippen LogP contribution is 2.16. The van der Waals surface area contributed by atoms with E-state index in [0.29, 0.717) is 0 Å². The third kappa shape index (κ3) is 10.3. The number of nitrogens with zero attached hydrogens (tertiary/aromatic N) is 2. The Labute approximate surface area is 142 Å². The van der Waals surface area contributed by atoms with Gasteiger partial charge in [-0.2, -0.15) is 0 Å². The van der Waals surface area contributed by atoms with Crippen molar-refractivity contribution in [2.24, 2.45) is 5.41 Å². The van der Waals surface area contributed by atoms with Crippen LogP contribution in [0.25, 0.3) is 0 Å². The molecule has 1 saturated heterocycles. The minimum atomic E-state index is -0.0649. The lowest BCUT2D eigenvalue weighted by atomic mass is 9.94.